The summed E-state index contributed by atoms with van der Waals surface area (Å²) in [5.41, 5.74) is 0.0392. The molecule has 150 valence electrons. The number of nitrogens with zero attached hydrogens (tertiary/aromatic N) is 2. The molecule has 0 aliphatic heterocycles. The molecule has 0 atom stereocenters. The lowest BCUT2D eigenvalue weighted by Gasteiger charge is -2.13. The Labute approximate surface area is 170 Å². The molecule has 0 bridgehead atoms. The number of fused-ring (bicyclic) bond motifs is 1. The molecule has 0 aliphatic carbocycles. The van der Waals surface area contributed by atoms with Crippen molar-refractivity contribution in [3.05, 3.63) is 64.7 Å². The molecule has 1 heterocycles. The highest BCUT2D eigenvalue weighted by molar-refractivity contribution is 7.99. The lowest BCUT2D eigenvalue weighted by Crippen LogP contribution is -2.40. The Hall–Kier alpha value is -3.20. The van der Waals surface area contributed by atoms with Gasteiger partial charge in [-0.25, -0.2) is 14.2 Å². The van der Waals surface area contributed by atoms with Gasteiger partial charge in [0.15, 0.2) is 5.16 Å². The van der Waals surface area contributed by atoms with E-state index in [-0.39, 0.29) is 16.6 Å². The van der Waals surface area contributed by atoms with Crippen LogP contribution >= 0.6 is 11.8 Å². The second-order valence-corrected chi connectivity index (χ2v) is 7.04. The van der Waals surface area contributed by atoms with Gasteiger partial charge in [0, 0.05) is 6.54 Å². The molecule has 2 N–H and O–H groups in total. The van der Waals surface area contributed by atoms with E-state index in [9.17, 15) is 18.8 Å². The number of rotatable bonds is 6. The first-order valence-corrected chi connectivity index (χ1v) is 9.97. The van der Waals surface area contributed by atoms with Crippen molar-refractivity contribution in [2.24, 2.45) is 0 Å². The average Bonchev–Trinajstić information content (AvgIpc) is 2.72. The zero-order valence-electron chi connectivity index (χ0n) is 15.6. The summed E-state index contributed by atoms with van der Waals surface area (Å²) >= 11 is 0.947. The third-order valence-corrected chi connectivity index (χ3v) is 4.90. The maximum absolute atomic E-state index is 14.4. The third kappa shape index (κ3) is 4.80. The number of hydrogen-bond acceptors (Lipinski definition) is 5. The summed E-state index contributed by atoms with van der Waals surface area (Å²) in [7, 11) is 0. The monoisotopic (exact) mass is 414 g/mol. The SMILES string of the molecule is CCCNC(=O)NC(=O)CSc1nc2ccccc2c(=O)n1-c1ccccc1F. The standard InChI is InChI=1S/C20H19FN4O3S/c1-2-11-22-19(28)24-17(26)12-29-20-23-15-9-5-3-7-13(15)18(27)25(20)16-10-6-4-8-14(16)21/h3-10H,2,11-12H2,1H3,(H2,22,24,26,28). The third-order valence-electron chi connectivity index (χ3n) is 3.96. The summed E-state index contributed by atoms with van der Waals surface area (Å²) in [6, 6.07) is 12.0. The number of para-hydroxylation sites is 2. The smallest absolute Gasteiger partial charge is 0.321 e. The van der Waals surface area contributed by atoms with E-state index < -0.39 is 23.3 Å². The fourth-order valence-electron chi connectivity index (χ4n) is 2.63. The van der Waals surface area contributed by atoms with Crippen LogP contribution in [-0.2, 0) is 4.79 Å². The maximum atomic E-state index is 14.4. The van der Waals surface area contributed by atoms with Crippen LogP contribution in [0, 0.1) is 5.82 Å². The zero-order valence-corrected chi connectivity index (χ0v) is 16.5. The molecular weight excluding hydrogens is 395 g/mol. The van der Waals surface area contributed by atoms with E-state index in [4.69, 9.17) is 0 Å². The predicted molar refractivity (Wildman–Crippen MR) is 110 cm³/mol. The highest BCUT2D eigenvalue weighted by atomic mass is 32.2. The molecule has 3 rings (SSSR count). The Balaban J connectivity index is 1.93. The van der Waals surface area contributed by atoms with Crippen LogP contribution in [0.4, 0.5) is 9.18 Å². The maximum Gasteiger partial charge on any atom is 0.321 e. The number of carbonyl (C=O) groups is 2. The molecule has 0 saturated heterocycles. The molecule has 7 nitrogen and oxygen atoms in total. The van der Waals surface area contributed by atoms with Crippen LogP contribution in [0.3, 0.4) is 0 Å². The lowest BCUT2D eigenvalue weighted by molar-refractivity contribution is -0.117. The lowest BCUT2D eigenvalue weighted by atomic mass is 10.2. The van der Waals surface area contributed by atoms with Crippen LogP contribution < -0.4 is 16.2 Å². The molecule has 2 aromatic carbocycles. The Kier molecular flexibility index (Phi) is 6.61. The summed E-state index contributed by atoms with van der Waals surface area (Å²) in [6.07, 6.45) is 0.742. The summed E-state index contributed by atoms with van der Waals surface area (Å²) < 4.78 is 15.5. The first-order chi connectivity index (χ1) is 14.0. The van der Waals surface area contributed by atoms with Gasteiger partial charge in [-0.15, -0.1) is 0 Å². The number of aromatic nitrogens is 2. The molecule has 0 radical (unpaired) electrons. The molecule has 3 aromatic rings. The Bertz CT molecular complexity index is 1120. The summed E-state index contributed by atoms with van der Waals surface area (Å²) in [6.45, 7) is 2.34. The number of thioether (sulfide) groups is 1. The number of carbonyl (C=O) groups excluding carboxylic acids is 2. The van der Waals surface area contributed by atoms with E-state index in [0.717, 1.165) is 22.7 Å². The van der Waals surface area contributed by atoms with Crippen molar-refractivity contribution in [3.8, 4) is 5.69 Å². The Morgan fingerprint density at radius 2 is 1.86 bits per heavy atom. The zero-order chi connectivity index (χ0) is 20.8. The first kappa shape index (κ1) is 20.5. The number of amides is 3. The molecule has 29 heavy (non-hydrogen) atoms. The normalized spacial score (nSPS) is 10.7. The first-order valence-electron chi connectivity index (χ1n) is 8.98. The van der Waals surface area contributed by atoms with Crippen LogP contribution in [0.1, 0.15) is 13.3 Å². The number of halogens is 1. The van der Waals surface area contributed by atoms with Crippen molar-refractivity contribution in [1.82, 2.24) is 20.2 Å². The van der Waals surface area contributed by atoms with Crippen LogP contribution in [0.5, 0.6) is 0 Å². The van der Waals surface area contributed by atoms with E-state index in [0.29, 0.717) is 17.4 Å². The summed E-state index contributed by atoms with van der Waals surface area (Å²) in [5, 5.41) is 5.24. The molecule has 0 spiro atoms. The molecule has 0 saturated carbocycles. The molecule has 0 aliphatic rings. The quantitative estimate of drug-likeness (QED) is 0.478. The highest BCUT2D eigenvalue weighted by Gasteiger charge is 2.17. The largest absolute Gasteiger partial charge is 0.338 e. The van der Waals surface area contributed by atoms with Crippen LogP contribution in [0.2, 0.25) is 0 Å². The topological polar surface area (TPSA) is 93.1 Å². The second kappa shape index (κ2) is 9.33. The van der Waals surface area contributed by atoms with Crippen LogP contribution in [-0.4, -0.2) is 33.8 Å². The van der Waals surface area contributed by atoms with Gasteiger partial charge in [-0.1, -0.05) is 43.0 Å². The van der Waals surface area contributed by atoms with Crippen molar-refractivity contribution in [3.63, 3.8) is 0 Å². The molecular formula is C20H19FN4O3S. The minimum Gasteiger partial charge on any atom is -0.338 e. The fraction of sp³-hybridized carbons (Fsp3) is 0.200. The number of imide groups is 1. The minimum absolute atomic E-state index is 0.0411. The number of hydrogen-bond donors (Lipinski definition) is 2. The molecule has 1 aromatic heterocycles. The van der Waals surface area contributed by atoms with Crippen molar-refractivity contribution in [2.45, 2.75) is 18.5 Å². The van der Waals surface area contributed by atoms with Gasteiger partial charge in [-0.3, -0.25) is 19.5 Å². The number of urea groups is 1. The van der Waals surface area contributed by atoms with E-state index in [2.05, 4.69) is 15.6 Å². The van der Waals surface area contributed by atoms with Crippen molar-refractivity contribution >= 4 is 34.6 Å². The van der Waals surface area contributed by atoms with E-state index in [1.54, 1.807) is 30.3 Å². The molecule has 3 amide bonds. The number of benzene rings is 2. The van der Waals surface area contributed by atoms with Crippen LogP contribution in [0.25, 0.3) is 16.6 Å². The van der Waals surface area contributed by atoms with Gasteiger partial charge in [0.1, 0.15) is 5.82 Å². The van der Waals surface area contributed by atoms with E-state index >= 15 is 0 Å². The van der Waals surface area contributed by atoms with Crippen molar-refractivity contribution in [2.75, 3.05) is 12.3 Å². The van der Waals surface area contributed by atoms with E-state index in [1.165, 1.54) is 18.2 Å². The fourth-order valence-corrected chi connectivity index (χ4v) is 3.44. The van der Waals surface area contributed by atoms with Gasteiger partial charge >= 0.3 is 6.03 Å². The van der Waals surface area contributed by atoms with Crippen molar-refractivity contribution < 1.29 is 14.0 Å². The van der Waals surface area contributed by atoms with Gasteiger partial charge in [0.2, 0.25) is 5.91 Å². The molecule has 0 fully saturated rings. The number of nitrogens with one attached hydrogen (secondary N) is 2. The second-order valence-electron chi connectivity index (χ2n) is 6.10. The van der Waals surface area contributed by atoms with Gasteiger partial charge < -0.3 is 5.32 Å². The minimum atomic E-state index is -0.588. The van der Waals surface area contributed by atoms with Gasteiger partial charge in [-0.05, 0) is 30.7 Å². The highest BCUT2D eigenvalue weighted by Crippen LogP contribution is 2.22. The predicted octanol–water partition coefficient (Wildman–Crippen LogP) is 2.85. The van der Waals surface area contributed by atoms with Gasteiger partial charge in [0.25, 0.3) is 5.56 Å². The van der Waals surface area contributed by atoms with Gasteiger partial charge in [-0.2, -0.15) is 0 Å². The summed E-state index contributed by atoms with van der Waals surface area (Å²) in [4.78, 5) is 41.1. The van der Waals surface area contributed by atoms with E-state index in [1.807, 2.05) is 6.92 Å². The molecule has 0 unspecified atom stereocenters. The Morgan fingerprint density at radius 3 is 2.62 bits per heavy atom. The van der Waals surface area contributed by atoms with Crippen molar-refractivity contribution in [1.29, 1.82) is 0 Å². The summed E-state index contributed by atoms with van der Waals surface area (Å²) in [5.74, 6) is -1.30. The Morgan fingerprint density at radius 1 is 1.14 bits per heavy atom. The van der Waals surface area contributed by atoms with Gasteiger partial charge in [0.05, 0.1) is 22.3 Å². The average molecular weight is 414 g/mol. The molecule has 9 heteroatoms. The van der Waals surface area contributed by atoms with Crippen LogP contribution in [0.15, 0.2) is 58.5 Å².